The van der Waals surface area contributed by atoms with Crippen LogP contribution in [0.1, 0.15) is 37.3 Å². The second kappa shape index (κ2) is 8.51. The Morgan fingerprint density at radius 1 is 0.882 bits per heavy atom. The van der Waals surface area contributed by atoms with Gasteiger partial charge in [0.2, 0.25) is 0 Å². The van der Waals surface area contributed by atoms with Crippen LogP contribution >= 0.6 is 23.5 Å². The van der Waals surface area contributed by atoms with E-state index in [4.69, 9.17) is 10.5 Å². The van der Waals surface area contributed by atoms with E-state index in [1.54, 1.807) is 7.11 Å². The Labute approximate surface area is 211 Å². The molecule has 3 aliphatic carbocycles. The van der Waals surface area contributed by atoms with Gasteiger partial charge in [0, 0.05) is 42.4 Å². The van der Waals surface area contributed by atoms with Crippen molar-refractivity contribution in [3.05, 3.63) is 99.8 Å². The quantitative estimate of drug-likeness (QED) is 0.407. The number of ether oxygens (including phenoxy) is 1. The van der Waals surface area contributed by atoms with Crippen LogP contribution < -0.4 is 10.5 Å². The van der Waals surface area contributed by atoms with E-state index < -0.39 is 0 Å². The summed E-state index contributed by atoms with van der Waals surface area (Å²) < 4.78 is 5.68. The van der Waals surface area contributed by atoms with E-state index in [0.29, 0.717) is 5.92 Å². The van der Waals surface area contributed by atoms with Crippen LogP contribution in [-0.2, 0) is 11.8 Å². The van der Waals surface area contributed by atoms with E-state index in [0.717, 1.165) is 31.4 Å². The number of hydrogen-bond acceptors (Lipinski definition) is 4. The van der Waals surface area contributed by atoms with Crippen LogP contribution in [0.3, 0.4) is 0 Å². The van der Waals surface area contributed by atoms with Crippen molar-refractivity contribution in [3.63, 3.8) is 0 Å². The maximum atomic E-state index is 7.33. The standard InChI is InChI=1S/C30H31NOS2/c1-29-17-16-24-26(33-22-9-5-3-6-10-22)28(34-23-11-7-4-8-12-23)30(29,27(24)31)18-15-20-13-14-21(32-2)19-25(20)29/h3-14,19,24,27H,15-18,31H2,1-2H3/t24-,27-,29+,30-/m1/s1. The molecule has 0 aromatic heterocycles. The summed E-state index contributed by atoms with van der Waals surface area (Å²) in [5, 5.41) is 0. The Balaban J connectivity index is 1.55. The number of thioether (sulfide) groups is 2. The highest BCUT2D eigenvalue weighted by Crippen LogP contribution is 2.71. The molecule has 34 heavy (non-hydrogen) atoms. The number of rotatable bonds is 5. The van der Waals surface area contributed by atoms with Crippen molar-refractivity contribution in [2.75, 3.05) is 7.11 Å². The van der Waals surface area contributed by atoms with Crippen molar-refractivity contribution in [2.45, 2.75) is 53.9 Å². The van der Waals surface area contributed by atoms with Crippen LogP contribution in [0.25, 0.3) is 0 Å². The molecule has 1 fully saturated rings. The molecule has 3 aromatic carbocycles. The third-order valence-corrected chi connectivity index (χ3v) is 11.2. The van der Waals surface area contributed by atoms with E-state index in [1.165, 1.54) is 30.7 Å². The second-order valence-corrected chi connectivity index (χ2v) is 12.2. The number of aryl methyl sites for hydroxylation is 1. The molecule has 6 rings (SSSR count). The smallest absolute Gasteiger partial charge is 0.119 e. The van der Waals surface area contributed by atoms with Gasteiger partial charge in [0.05, 0.1) is 7.11 Å². The van der Waals surface area contributed by atoms with Gasteiger partial charge in [-0.1, -0.05) is 72.9 Å². The van der Waals surface area contributed by atoms with Gasteiger partial charge in [-0.3, -0.25) is 0 Å². The highest BCUT2D eigenvalue weighted by atomic mass is 32.2. The van der Waals surface area contributed by atoms with Crippen LogP contribution in [0.4, 0.5) is 0 Å². The van der Waals surface area contributed by atoms with Crippen LogP contribution in [0.2, 0.25) is 0 Å². The van der Waals surface area contributed by atoms with Gasteiger partial charge >= 0.3 is 0 Å². The average Bonchev–Trinajstić information content (AvgIpc) is 3.02. The first-order chi connectivity index (χ1) is 16.6. The van der Waals surface area contributed by atoms with Gasteiger partial charge in [0.25, 0.3) is 0 Å². The molecule has 4 atom stereocenters. The predicted molar refractivity (Wildman–Crippen MR) is 143 cm³/mol. The Morgan fingerprint density at radius 3 is 2.24 bits per heavy atom. The lowest BCUT2D eigenvalue weighted by Gasteiger charge is -2.58. The molecule has 1 saturated carbocycles. The highest BCUT2D eigenvalue weighted by molar-refractivity contribution is 8.06. The lowest BCUT2D eigenvalue weighted by molar-refractivity contribution is 0.0640. The largest absolute Gasteiger partial charge is 0.497 e. The maximum Gasteiger partial charge on any atom is 0.119 e. The van der Waals surface area contributed by atoms with Crippen molar-refractivity contribution in [3.8, 4) is 5.75 Å². The molecule has 0 amide bonds. The lowest BCUT2D eigenvalue weighted by atomic mass is 9.48. The molecule has 174 valence electrons. The van der Waals surface area contributed by atoms with Crippen molar-refractivity contribution in [1.82, 2.24) is 0 Å². The molecule has 0 saturated heterocycles. The fraction of sp³-hybridized carbons (Fsp3) is 0.333. The summed E-state index contributed by atoms with van der Waals surface area (Å²) in [4.78, 5) is 5.62. The average molecular weight is 486 g/mol. The van der Waals surface area contributed by atoms with E-state index in [9.17, 15) is 0 Å². The first kappa shape index (κ1) is 22.3. The molecule has 1 spiro atoms. The fourth-order valence-corrected chi connectivity index (χ4v) is 9.72. The molecule has 0 unspecified atom stereocenters. The highest BCUT2D eigenvalue weighted by Gasteiger charge is 2.66. The minimum absolute atomic E-state index is 0.0127. The van der Waals surface area contributed by atoms with Crippen LogP contribution in [0, 0.1) is 11.3 Å². The van der Waals surface area contributed by atoms with Crippen LogP contribution in [-0.4, -0.2) is 13.2 Å². The Hall–Kier alpha value is -2.14. The third-order valence-electron chi connectivity index (χ3n) is 8.54. The number of fused-ring (bicyclic) bond motifs is 3. The molecule has 3 aliphatic rings. The zero-order chi connectivity index (χ0) is 23.3. The molecule has 0 radical (unpaired) electrons. The number of methoxy groups -OCH3 is 1. The van der Waals surface area contributed by atoms with Gasteiger partial charge in [-0.05, 0) is 73.2 Å². The topological polar surface area (TPSA) is 35.2 Å². The third kappa shape index (κ3) is 3.22. The van der Waals surface area contributed by atoms with Gasteiger partial charge in [-0.2, -0.15) is 0 Å². The molecule has 4 heteroatoms. The van der Waals surface area contributed by atoms with Crippen molar-refractivity contribution in [2.24, 2.45) is 17.1 Å². The zero-order valence-corrected chi connectivity index (χ0v) is 21.4. The van der Waals surface area contributed by atoms with Gasteiger partial charge in [-0.15, -0.1) is 0 Å². The summed E-state index contributed by atoms with van der Waals surface area (Å²) in [6, 6.07) is 28.5. The van der Waals surface area contributed by atoms with Crippen LogP contribution in [0.5, 0.6) is 5.75 Å². The van der Waals surface area contributed by atoms with E-state index in [1.807, 2.05) is 23.5 Å². The van der Waals surface area contributed by atoms with Crippen molar-refractivity contribution >= 4 is 23.5 Å². The summed E-state index contributed by atoms with van der Waals surface area (Å²) in [5.41, 5.74) is 10.2. The number of benzene rings is 3. The minimum atomic E-state index is -0.0626. The van der Waals surface area contributed by atoms with Gasteiger partial charge in [0.1, 0.15) is 5.75 Å². The summed E-state index contributed by atoms with van der Waals surface area (Å²) in [6.07, 6.45) is 4.46. The van der Waals surface area contributed by atoms with Crippen molar-refractivity contribution in [1.29, 1.82) is 0 Å². The normalized spacial score (nSPS) is 29.5. The monoisotopic (exact) mass is 485 g/mol. The Morgan fingerprint density at radius 2 is 1.56 bits per heavy atom. The van der Waals surface area contributed by atoms with E-state index in [-0.39, 0.29) is 16.9 Å². The molecule has 0 aliphatic heterocycles. The maximum absolute atomic E-state index is 7.33. The first-order valence-electron chi connectivity index (χ1n) is 12.2. The van der Waals surface area contributed by atoms with E-state index >= 15 is 0 Å². The van der Waals surface area contributed by atoms with Gasteiger partial charge in [0.15, 0.2) is 0 Å². The number of hydrogen-bond donors (Lipinski definition) is 1. The molecule has 2 nitrogen and oxygen atoms in total. The second-order valence-electron chi connectivity index (χ2n) is 10.0. The molecule has 2 bridgehead atoms. The van der Waals surface area contributed by atoms with Crippen LogP contribution in [0.15, 0.2) is 98.5 Å². The molecule has 3 aromatic rings. The molecular weight excluding hydrogens is 454 g/mol. The SMILES string of the molecule is COc1ccc2c(c1)[C@]1(C)CC[C@@H]3C(Sc4ccccc4)=C(Sc4ccccc4)[C@@]1(CC2)[C@@H]3N. The predicted octanol–water partition coefficient (Wildman–Crippen LogP) is 7.43. The summed E-state index contributed by atoms with van der Waals surface area (Å²) >= 11 is 3.92. The van der Waals surface area contributed by atoms with Gasteiger partial charge in [-0.25, -0.2) is 0 Å². The van der Waals surface area contributed by atoms with Gasteiger partial charge < -0.3 is 10.5 Å². The first-order valence-corrected chi connectivity index (χ1v) is 13.8. The van der Waals surface area contributed by atoms with E-state index in [2.05, 4.69) is 85.8 Å². The molecular formula is C30H31NOS2. The minimum Gasteiger partial charge on any atom is -0.497 e. The summed E-state index contributed by atoms with van der Waals surface area (Å²) in [7, 11) is 1.77. The Kier molecular flexibility index (Phi) is 5.59. The molecule has 2 N–H and O–H groups in total. The summed E-state index contributed by atoms with van der Waals surface area (Å²) in [6.45, 7) is 2.49. The molecule has 0 heterocycles. The van der Waals surface area contributed by atoms with Crippen molar-refractivity contribution < 1.29 is 4.74 Å². The summed E-state index contributed by atoms with van der Waals surface area (Å²) in [5.74, 6) is 1.36. The Bertz CT molecular complexity index is 1240. The fourth-order valence-electron chi connectivity index (χ4n) is 6.80. The lowest BCUT2D eigenvalue weighted by Crippen LogP contribution is -2.60. The number of nitrogens with two attached hydrogens (primary N) is 1. The zero-order valence-electron chi connectivity index (χ0n) is 19.8.